The molecule has 1 aromatic heterocycles. The predicted molar refractivity (Wildman–Crippen MR) is 43.6 cm³/mol. The summed E-state index contributed by atoms with van der Waals surface area (Å²) in [4.78, 5) is 5.65. The smallest absolute Gasteiger partial charge is 0.185 e. The maximum atomic E-state index is 10.4. The van der Waals surface area contributed by atoms with Gasteiger partial charge in [-0.2, -0.15) is 0 Å². The highest BCUT2D eigenvalue weighted by atomic mass is 32.2. The third-order valence-corrected chi connectivity index (χ3v) is 3.07. The van der Waals surface area contributed by atoms with Gasteiger partial charge in [0.05, 0.1) is 10.4 Å². The van der Waals surface area contributed by atoms with Crippen molar-refractivity contribution in [1.82, 2.24) is 4.98 Å². The molecule has 6 heteroatoms. The number of thiazole rings is 1. The topological polar surface area (TPSA) is 56.3 Å². The summed E-state index contributed by atoms with van der Waals surface area (Å²) < 4.78 is 21.0. The second-order valence-electron chi connectivity index (χ2n) is 2.09. The van der Waals surface area contributed by atoms with Gasteiger partial charge in [0, 0.05) is 14.1 Å². The van der Waals surface area contributed by atoms with E-state index in [0.29, 0.717) is 5.13 Å². The molecule has 0 spiro atoms. The third-order valence-electron chi connectivity index (χ3n) is 1.02. The molecule has 0 bridgehead atoms. The quantitative estimate of drug-likeness (QED) is 0.637. The Labute approximate surface area is 71.2 Å². The zero-order valence-corrected chi connectivity index (χ0v) is 7.74. The minimum Gasteiger partial charge on any atom is -0.768 e. The van der Waals surface area contributed by atoms with Crippen LogP contribution in [-0.2, 0) is 11.1 Å². The van der Waals surface area contributed by atoms with Crippen molar-refractivity contribution in [2.75, 3.05) is 19.0 Å². The summed E-state index contributed by atoms with van der Waals surface area (Å²) in [6.07, 6.45) is 1.35. The summed E-state index contributed by atoms with van der Waals surface area (Å²) in [5, 5.41) is 0.698. The number of rotatable bonds is 2. The highest BCUT2D eigenvalue weighted by Gasteiger charge is 2.02. The second kappa shape index (κ2) is 3.29. The lowest BCUT2D eigenvalue weighted by molar-refractivity contribution is 0.539. The summed E-state index contributed by atoms with van der Waals surface area (Å²) in [6.45, 7) is 0. The maximum Gasteiger partial charge on any atom is 0.185 e. The molecule has 0 radical (unpaired) electrons. The van der Waals surface area contributed by atoms with Crippen molar-refractivity contribution in [2.24, 2.45) is 0 Å². The van der Waals surface area contributed by atoms with Crippen LogP contribution in [0.2, 0.25) is 0 Å². The van der Waals surface area contributed by atoms with Gasteiger partial charge in [-0.15, -0.1) is 0 Å². The monoisotopic (exact) mass is 191 g/mol. The Hall–Kier alpha value is -0.460. The standard InChI is InChI=1S/C5H8N2O2S2/c1-7(2)5-6-3-4(10-5)11(8)9/h3H,1-2H3,(H,8,9)/p-1. The first-order chi connectivity index (χ1) is 5.11. The van der Waals surface area contributed by atoms with Crippen LogP contribution in [0, 0.1) is 0 Å². The van der Waals surface area contributed by atoms with E-state index < -0.39 is 11.1 Å². The van der Waals surface area contributed by atoms with Crippen LogP contribution >= 0.6 is 11.3 Å². The Bertz CT molecular complexity index is 271. The number of aromatic nitrogens is 1. The lowest BCUT2D eigenvalue weighted by atomic mass is 10.9. The first kappa shape index (κ1) is 8.63. The number of hydrogen-bond donors (Lipinski definition) is 0. The van der Waals surface area contributed by atoms with Crippen LogP contribution in [0.4, 0.5) is 5.13 Å². The van der Waals surface area contributed by atoms with Gasteiger partial charge in [0.2, 0.25) is 0 Å². The molecule has 0 saturated heterocycles. The number of anilines is 1. The molecule has 0 aliphatic carbocycles. The van der Waals surface area contributed by atoms with Crippen LogP contribution in [0.15, 0.2) is 10.4 Å². The van der Waals surface area contributed by atoms with Gasteiger partial charge in [0.1, 0.15) is 0 Å². The summed E-state index contributed by atoms with van der Waals surface area (Å²) in [7, 11) is 3.63. The predicted octanol–water partition coefficient (Wildman–Crippen LogP) is 0.447. The Balaban J connectivity index is 2.90. The fourth-order valence-corrected chi connectivity index (χ4v) is 1.74. The highest BCUT2D eigenvalue weighted by molar-refractivity contribution is 7.81. The highest BCUT2D eigenvalue weighted by Crippen LogP contribution is 2.21. The van der Waals surface area contributed by atoms with Crippen molar-refractivity contribution < 1.29 is 8.76 Å². The molecule has 0 aromatic carbocycles. The van der Waals surface area contributed by atoms with Crippen molar-refractivity contribution in [3.05, 3.63) is 6.20 Å². The molecule has 0 amide bonds. The van der Waals surface area contributed by atoms with Gasteiger partial charge in [-0.05, 0) is 11.1 Å². The molecule has 11 heavy (non-hydrogen) atoms. The van der Waals surface area contributed by atoms with E-state index in [1.54, 1.807) is 4.90 Å². The van der Waals surface area contributed by atoms with Gasteiger partial charge in [0.25, 0.3) is 0 Å². The molecule has 1 atom stereocenters. The van der Waals surface area contributed by atoms with E-state index in [0.717, 1.165) is 11.3 Å². The van der Waals surface area contributed by atoms with E-state index >= 15 is 0 Å². The van der Waals surface area contributed by atoms with E-state index in [1.165, 1.54) is 6.20 Å². The second-order valence-corrected chi connectivity index (χ2v) is 4.27. The maximum absolute atomic E-state index is 10.4. The van der Waals surface area contributed by atoms with Crippen LogP contribution in [-0.4, -0.2) is 27.8 Å². The molecular formula is C5H7N2O2S2-. The molecule has 62 valence electrons. The lowest BCUT2D eigenvalue weighted by Gasteiger charge is -2.05. The molecule has 1 rings (SSSR count). The zero-order valence-electron chi connectivity index (χ0n) is 6.10. The molecule has 1 heterocycles. The SMILES string of the molecule is CN(C)c1ncc(S(=O)[O-])s1. The van der Waals surface area contributed by atoms with Crippen LogP contribution < -0.4 is 4.90 Å². The number of nitrogens with zero attached hydrogens (tertiary/aromatic N) is 2. The van der Waals surface area contributed by atoms with E-state index in [4.69, 9.17) is 0 Å². The molecule has 1 unspecified atom stereocenters. The molecule has 0 N–H and O–H groups in total. The van der Waals surface area contributed by atoms with Crippen LogP contribution in [0.3, 0.4) is 0 Å². The van der Waals surface area contributed by atoms with Gasteiger partial charge >= 0.3 is 0 Å². The summed E-state index contributed by atoms with van der Waals surface area (Å²) in [5.74, 6) is 0. The molecule has 0 aliphatic rings. The van der Waals surface area contributed by atoms with Gasteiger partial charge < -0.3 is 9.45 Å². The van der Waals surface area contributed by atoms with Crippen LogP contribution in [0.25, 0.3) is 0 Å². The van der Waals surface area contributed by atoms with Crippen molar-refractivity contribution in [3.8, 4) is 0 Å². The van der Waals surface area contributed by atoms with Gasteiger partial charge in [-0.25, -0.2) is 4.98 Å². The van der Waals surface area contributed by atoms with E-state index in [-0.39, 0.29) is 4.21 Å². The number of hydrogen-bond acceptors (Lipinski definition) is 5. The molecule has 1 aromatic rings. The van der Waals surface area contributed by atoms with Crippen LogP contribution in [0.1, 0.15) is 0 Å². The van der Waals surface area contributed by atoms with E-state index in [2.05, 4.69) is 4.98 Å². The van der Waals surface area contributed by atoms with Gasteiger partial charge in [0.15, 0.2) is 5.13 Å². The lowest BCUT2D eigenvalue weighted by Crippen LogP contribution is -2.07. The Morgan fingerprint density at radius 3 is 2.64 bits per heavy atom. The fourth-order valence-electron chi connectivity index (χ4n) is 0.534. The third kappa shape index (κ3) is 1.98. The molecule has 0 aliphatic heterocycles. The van der Waals surface area contributed by atoms with Crippen molar-refractivity contribution in [1.29, 1.82) is 0 Å². The minimum absolute atomic E-state index is 0.272. The first-order valence-electron chi connectivity index (χ1n) is 2.83. The van der Waals surface area contributed by atoms with Gasteiger partial charge in [-0.1, -0.05) is 11.3 Å². The van der Waals surface area contributed by atoms with E-state index in [9.17, 15) is 8.76 Å². The van der Waals surface area contributed by atoms with E-state index in [1.807, 2.05) is 14.1 Å². The minimum atomic E-state index is -2.15. The molecule has 4 nitrogen and oxygen atoms in total. The van der Waals surface area contributed by atoms with Crippen molar-refractivity contribution in [3.63, 3.8) is 0 Å². The zero-order chi connectivity index (χ0) is 8.43. The van der Waals surface area contributed by atoms with Crippen molar-refractivity contribution in [2.45, 2.75) is 4.21 Å². The first-order valence-corrected chi connectivity index (χ1v) is 4.73. The summed E-state index contributed by atoms with van der Waals surface area (Å²) in [6, 6.07) is 0. The fraction of sp³-hybridized carbons (Fsp3) is 0.400. The van der Waals surface area contributed by atoms with Crippen molar-refractivity contribution >= 4 is 27.5 Å². The Morgan fingerprint density at radius 1 is 1.73 bits per heavy atom. The molecular weight excluding hydrogens is 184 g/mol. The summed E-state index contributed by atoms with van der Waals surface area (Å²) >= 11 is -0.994. The largest absolute Gasteiger partial charge is 0.768 e. The van der Waals surface area contributed by atoms with Gasteiger partial charge in [-0.3, -0.25) is 4.21 Å². The Kier molecular flexibility index (Phi) is 2.58. The normalized spacial score (nSPS) is 13.0. The summed E-state index contributed by atoms with van der Waals surface area (Å²) in [5.41, 5.74) is 0. The average Bonchev–Trinajstić information content (AvgIpc) is 2.33. The van der Waals surface area contributed by atoms with Crippen LogP contribution in [0.5, 0.6) is 0 Å². The molecule has 0 fully saturated rings. The average molecular weight is 191 g/mol. The Morgan fingerprint density at radius 2 is 2.36 bits per heavy atom. The molecule has 0 saturated carbocycles.